The molecule has 0 aliphatic carbocycles. The molecule has 96 valence electrons. The second-order valence-corrected chi connectivity index (χ2v) is 4.74. The van der Waals surface area contributed by atoms with Gasteiger partial charge in [-0.2, -0.15) is 5.26 Å². The van der Waals surface area contributed by atoms with Crippen molar-refractivity contribution in [3.8, 4) is 6.07 Å². The Morgan fingerprint density at radius 2 is 2.22 bits per heavy atom. The Morgan fingerprint density at radius 3 is 3.00 bits per heavy atom. The summed E-state index contributed by atoms with van der Waals surface area (Å²) in [6, 6.07) is 5.85. The lowest BCUT2D eigenvalue weighted by Gasteiger charge is -2.14. The zero-order valence-corrected chi connectivity index (χ0v) is 10.7. The summed E-state index contributed by atoms with van der Waals surface area (Å²) in [4.78, 5) is 6.49. The van der Waals surface area contributed by atoms with E-state index in [1.807, 2.05) is 12.1 Å². The predicted octanol–water partition coefficient (Wildman–Crippen LogP) is 1.53. The van der Waals surface area contributed by atoms with Crippen LogP contribution in [0, 0.1) is 11.3 Å². The van der Waals surface area contributed by atoms with Crippen LogP contribution >= 0.6 is 0 Å². The fraction of sp³-hybridized carbons (Fsp3) is 0.571. The number of nitriles is 1. The van der Waals surface area contributed by atoms with E-state index < -0.39 is 0 Å². The summed E-state index contributed by atoms with van der Waals surface area (Å²) in [5.41, 5.74) is 1.62. The van der Waals surface area contributed by atoms with Gasteiger partial charge in [-0.25, -0.2) is 4.98 Å². The number of likely N-dealkylation sites (tertiary alicyclic amines) is 1. The highest BCUT2D eigenvalue weighted by molar-refractivity contribution is 5.25. The van der Waals surface area contributed by atoms with Crippen molar-refractivity contribution in [3.05, 3.63) is 29.6 Å². The number of nitrogens with one attached hydrogen (secondary N) is 1. The summed E-state index contributed by atoms with van der Waals surface area (Å²) in [5.74, 6) is 0. The van der Waals surface area contributed by atoms with E-state index in [2.05, 4.69) is 21.3 Å². The summed E-state index contributed by atoms with van der Waals surface area (Å²) in [5, 5.41) is 12.2. The second-order valence-electron chi connectivity index (χ2n) is 4.74. The Labute approximate surface area is 109 Å². The summed E-state index contributed by atoms with van der Waals surface area (Å²) >= 11 is 0. The van der Waals surface area contributed by atoms with E-state index in [1.165, 1.54) is 38.9 Å². The van der Waals surface area contributed by atoms with Gasteiger partial charge >= 0.3 is 0 Å². The van der Waals surface area contributed by atoms with Crippen molar-refractivity contribution in [2.45, 2.75) is 25.8 Å². The van der Waals surface area contributed by atoms with Crippen LogP contribution in [-0.2, 0) is 6.54 Å². The van der Waals surface area contributed by atoms with Gasteiger partial charge < -0.3 is 10.2 Å². The Hall–Kier alpha value is -1.44. The maximum Gasteiger partial charge on any atom is 0.140 e. The van der Waals surface area contributed by atoms with Gasteiger partial charge in [-0.1, -0.05) is 0 Å². The number of hydrogen-bond acceptors (Lipinski definition) is 4. The lowest BCUT2D eigenvalue weighted by Crippen LogP contribution is -2.24. The Kier molecular flexibility index (Phi) is 5.13. The van der Waals surface area contributed by atoms with Crippen molar-refractivity contribution < 1.29 is 0 Å². The maximum atomic E-state index is 8.75. The molecule has 0 saturated carbocycles. The van der Waals surface area contributed by atoms with Crippen LogP contribution in [0.1, 0.15) is 30.5 Å². The van der Waals surface area contributed by atoms with Crippen LogP contribution in [-0.4, -0.2) is 36.1 Å². The molecule has 0 unspecified atom stereocenters. The van der Waals surface area contributed by atoms with Crippen molar-refractivity contribution in [1.82, 2.24) is 15.2 Å². The van der Waals surface area contributed by atoms with Crippen molar-refractivity contribution in [2.24, 2.45) is 0 Å². The predicted molar refractivity (Wildman–Crippen MR) is 70.9 cm³/mol. The van der Waals surface area contributed by atoms with Gasteiger partial charge in [0, 0.05) is 12.7 Å². The van der Waals surface area contributed by atoms with Crippen LogP contribution in [0.3, 0.4) is 0 Å². The fourth-order valence-corrected chi connectivity index (χ4v) is 2.31. The SMILES string of the molecule is N#Cc1cc(CNCCCN2CCCC2)ccn1. The molecule has 2 rings (SSSR count). The van der Waals surface area contributed by atoms with Gasteiger partial charge in [-0.15, -0.1) is 0 Å². The zero-order valence-electron chi connectivity index (χ0n) is 10.7. The van der Waals surface area contributed by atoms with Gasteiger partial charge in [0.25, 0.3) is 0 Å². The first-order valence-corrected chi connectivity index (χ1v) is 6.66. The first-order chi connectivity index (χ1) is 8.88. The fourth-order valence-electron chi connectivity index (χ4n) is 2.31. The maximum absolute atomic E-state index is 8.75. The minimum atomic E-state index is 0.492. The molecular weight excluding hydrogens is 224 g/mol. The average Bonchev–Trinajstić information content (AvgIpc) is 2.92. The van der Waals surface area contributed by atoms with Gasteiger partial charge in [0.05, 0.1) is 0 Å². The van der Waals surface area contributed by atoms with Crippen LogP contribution in [0.25, 0.3) is 0 Å². The third kappa shape index (κ3) is 4.10. The van der Waals surface area contributed by atoms with Gasteiger partial charge in [0.1, 0.15) is 11.8 Å². The number of rotatable bonds is 6. The lowest BCUT2D eigenvalue weighted by molar-refractivity contribution is 0.331. The Balaban J connectivity index is 1.61. The molecule has 1 aromatic rings. The van der Waals surface area contributed by atoms with Crippen molar-refractivity contribution in [1.29, 1.82) is 5.26 Å². The summed E-state index contributed by atoms with van der Waals surface area (Å²) in [6.07, 6.45) is 5.61. The summed E-state index contributed by atoms with van der Waals surface area (Å²) in [6.45, 7) is 5.59. The van der Waals surface area contributed by atoms with Gasteiger partial charge in [0.2, 0.25) is 0 Å². The van der Waals surface area contributed by atoms with E-state index in [-0.39, 0.29) is 0 Å². The second kappa shape index (κ2) is 7.10. The molecule has 0 bridgehead atoms. The molecule has 0 spiro atoms. The van der Waals surface area contributed by atoms with E-state index in [1.54, 1.807) is 6.20 Å². The average molecular weight is 244 g/mol. The van der Waals surface area contributed by atoms with E-state index >= 15 is 0 Å². The van der Waals surface area contributed by atoms with Crippen LogP contribution in [0.2, 0.25) is 0 Å². The quantitative estimate of drug-likeness (QED) is 0.771. The van der Waals surface area contributed by atoms with Crippen molar-refractivity contribution in [2.75, 3.05) is 26.2 Å². The molecule has 1 aliphatic heterocycles. The van der Waals surface area contributed by atoms with Crippen molar-refractivity contribution in [3.63, 3.8) is 0 Å². The number of aromatic nitrogens is 1. The molecule has 1 aliphatic rings. The van der Waals surface area contributed by atoms with Gasteiger partial charge in [-0.05, 0) is 63.1 Å². The molecule has 0 amide bonds. The molecule has 0 aromatic carbocycles. The van der Waals surface area contributed by atoms with Crippen LogP contribution < -0.4 is 5.32 Å². The molecule has 18 heavy (non-hydrogen) atoms. The van der Waals surface area contributed by atoms with E-state index in [0.717, 1.165) is 18.7 Å². The normalized spacial score (nSPS) is 15.7. The smallest absolute Gasteiger partial charge is 0.140 e. The Bertz CT molecular complexity index is 405. The molecule has 0 radical (unpaired) electrons. The minimum Gasteiger partial charge on any atom is -0.313 e. The van der Waals surface area contributed by atoms with E-state index in [9.17, 15) is 0 Å². The topological polar surface area (TPSA) is 52.0 Å². The van der Waals surface area contributed by atoms with E-state index in [4.69, 9.17) is 5.26 Å². The molecule has 4 nitrogen and oxygen atoms in total. The Morgan fingerprint density at radius 1 is 1.39 bits per heavy atom. The van der Waals surface area contributed by atoms with E-state index in [0.29, 0.717) is 5.69 Å². The van der Waals surface area contributed by atoms with Gasteiger partial charge in [-0.3, -0.25) is 0 Å². The highest BCUT2D eigenvalue weighted by Gasteiger charge is 2.09. The number of nitrogens with zero attached hydrogens (tertiary/aromatic N) is 3. The van der Waals surface area contributed by atoms with Crippen LogP contribution in [0.15, 0.2) is 18.3 Å². The summed E-state index contributed by atoms with van der Waals surface area (Å²) in [7, 11) is 0. The molecule has 1 saturated heterocycles. The van der Waals surface area contributed by atoms with Crippen LogP contribution in [0.5, 0.6) is 0 Å². The van der Waals surface area contributed by atoms with Gasteiger partial charge in [0.15, 0.2) is 0 Å². The molecule has 4 heteroatoms. The lowest BCUT2D eigenvalue weighted by atomic mass is 10.2. The van der Waals surface area contributed by atoms with Crippen molar-refractivity contribution >= 4 is 0 Å². The third-order valence-electron chi connectivity index (χ3n) is 3.29. The summed E-state index contributed by atoms with van der Waals surface area (Å²) < 4.78 is 0. The first kappa shape index (κ1) is 13.0. The largest absolute Gasteiger partial charge is 0.313 e. The first-order valence-electron chi connectivity index (χ1n) is 6.66. The molecule has 1 N–H and O–H groups in total. The molecule has 2 heterocycles. The van der Waals surface area contributed by atoms with Crippen LogP contribution in [0.4, 0.5) is 0 Å². The third-order valence-corrected chi connectivity index (χ3v) is 3.29. The molecule has 1 aromatic heterocycles. The highest BCUT2D eigenvalue weighted by atomic mass is 15.1. The molecule has 1 fully saturated rings. The highest BCUT2D eigenvalue weighted by Crippen LogP contribution is 2.07. The zero-order chi connectivity index (χ0) is 12.6. The number of hydrogen-bond donors (Lipinski definition) is 1. The monoisotopic (exact) mass is 244 g/mol. The molecule has 0 atom stereocenters. The standard InChI is InChI=1S/C14H20N4/c15-11-14-10-13(4-6-17-14)12-16-5-3-9-18-7-1-2-8-18/h4,6,10,16H,1-3,5,7-9,12H2. The molecular formula is C14H20N4. The number of pyridine rings is 1. The minimum absolute atomic E-state index is 0.492.